The molecule has 1 aromatic carbocycles. The van der Waals surface area contributed by atoms with Crippen molar-refractivity contribution in [2.75, 3.05) is 0 Å². The first-order valence-electron chi connectivity index (χ1n) is 5.28. The molecule has 0 amide bonds. The third-order valence-corrected chi connectivity index (χ3v) is 2.41. The van der Waals surface area contributed by atoms with Crippen LogP contribution >= 0.6 is 0 Å². The minimum atomic E-state index is 0.382. The molecular weight excluding hydrogens is 210 g/mol. The Morgan fingerprint density at radius 1 is 1.35 bits per heavy atom. The summed E-state index contributed by atoms with van der Waals surface area (Å²) >= 11 is 0. The van der Waals surface area contributed by atoms with Gasteiger partial charge in [0, 0.05) is 5.56 Å². The largest absolute Gasteiger partial charge is 0.243 e. The Morgan fingerprint density at radius 3 is 2.82 bits per heavy atom. The zero-order valence-corrected chi connectivity index (χ0v) is 9.37. The average Bonchev–Trinajstić information content (AvgIpc) is 2.39. The molecule has 0 saturated heterocycles. The number of allylic oxidation sites excluding steroid dienone is 1. The smallest absolute Gasteiger partial charge is 0.196 e. The number of aromatic nitrogens is 2. The highest BCUT2D eigenvalue weighted by molar-refractivity contribution is 5.71. The van der Waals surface area contributed by atoms with E-state index in [1.165, 1.54) is 5.56 Å². The number of benzene rings is 1. The number of hydrogen-bond donors (Lipinski definition) is 0. The van der Waals surface area contributed by atoms with Gasteiger partial charge in [-0.15, -0.1) is 0 Å². The molecular formula is C14H12N3+. The highest BCUT2D eigenvalue weighted by Gasteiger charge is 2.07. The van der Waals surface area contributed by atoms with Crippen LogP contribution in [0.25, 0.3) is 5.57 Å². The van der Waals surface area contributed by atoms with E-state index in [9.17, 15) is 0 Å². The summed E-state index contributed by atoms with van der Waals surface area (Å²) in [5, 5.41) is 8.77. The fourth-order valence-electron chi connectivity index (χ4n) is 1.54. The molecule has 0 aliphatic rings. The molecule has 1 aromatic heterocycles. The van der Waals surface area contributed by atoms with Crippen LogP contribution < -0.4 is 4.57 Å². The summed E-state index contributed by atoms with van der Waals surface area (Å²) in [6, 6.07) is 12.1. The summed E-state index contributed by atoms with van der Waals surface area (Å²) in [6.07, 6.45) is 5.39. The number of rotatable bonds is 3. The third kappa shape index (κ3) is 2.76. The second-order valence-electron chi connectivity index (χ2n) is 3.69. The molecule has 17 heavy (non-hydrogen) atoms. The van der Waals surface area contributed by atoms with E-state index < -0.39 is 0 Å². The maximum absolute atomic E-state index is 8.77. The summed E-state index contributed by atoms with van der Waals surface area (Å²) in [5.41, 5.74) is 2.20. The molecule has 0 spiro atoms. The Balaban J connectivity index is 2.23. The van der Waals surface area contributed by atoms with Gasteiger partial charge < -0.3 is 0 Å². The van der Waals surface area contributed by atoms with Gasteiger partial charge in [-0.2, -0.15) is 9.83 Å². The fourth-order valence-corrected chi connectivity index (χ4v) is 1.54. The third-order valence-electron chi connectivity index (χ3n) is 2.41. The summed E-state index contributed by atoms with van der Waals surface area (Å²) in [7, 11) is 0. The number of hydrogen-bond acceptors (Lipinski definition) is 2. The SMILES string of the molecule is C=C(C#N)c1c[n+](Cc2ccccc2)ccn1. The van der Waals surface area contributed by atoms with Crippen molar-refractivity contribution in [3.63, 3.8) is 0 Å². The molecule has 0 saturated carbocycles. The Morgan fingerprint density at radius 2 is 2.12 bits per heavy atom. The van der Waals surface area contributed by atoms with Gasteiger partial charge in [0.25, 0.3) is 0 Å². The van der Waals surface area contributed by atoms with Gasteiger partial charge in [-0.1, -0.05) is 36.9 Å². The maximum Gasteiger partial charge on any atom is 0.196 e. The van der Waals surface area contributed by atoms with Crippen LogP contribution in [0.2, 0.25) is 0 Å². The van der Waals surface area contributed by atoms with Gasteiger partial charge in [0.1, 0.15) is 11.8 Å². The van der Waals surface area contributed by atoms with E-state index in [0.29, 0.717) is 11.3 Å². The average molecular weight is 222 g/mol. The van der Waals surface area contributed by atoms with Crippen LogP contribution in [0.1, 0.15) is 11.3 Å². The van der Waals surface area contributed by atoms with Crippen molar-refractivity contribution < 1.29 is 4.57 Å². The lowest BCUT2D eigenvalue weighted by Crippen LogP contribution is -2.34. The summed E-state index contributed by atoms with van der Waals surface area (Å²) < 4.78 is 1.99. The Hall–Kier alpha value is -2.47. The minimum absolute atomic E-state index is 0.382. The second kappa shape index (κ2) is 5.04. The Labute approximate surface area is 100 Å². The number of nitrogens with zero attached hydrogens (tertiary/aromatic N) is 3. The lowest BCUT2D eigenvalue weighted by atomic mass is 10.2. The highest BCUT2D eigenvalue weighted by atomic mass is 15.0. The predicted molar refractivity (Wildman–Crippen MR) is 64.6 cm³/mol. The van der Waals surface area contributed by atoms with Crippen molar-refractivity contribution in [2.45, 2.75) is 6.54 Å². The van der Waals surface area contributed by atoms with Crippen LogP contribution in [0.4, 0.5) is 0 Å². The van der Waals surface area contributed by atoms with Crippen LogP contribution in [0.5, 0.6) is 0 Å². The molecule has 0 N–H and O–H groups in total. The molecule has 0 bridgehead atoms. The van der Waals surface area contributed by atoms with Crippen molar-refractivity contribution >= 4 is 5.57 Å². The molecule has 0 aliphatic carbocycles. The molecule has 0 atom stereocenters. The topological polar surface area (TPSA) is 40.6 Å². The molecule has 0 aliphatic heterocycles. The van der Waals surface area contributed by atoms with E-state index >= 15 is 0 Å². The molecule has 1 heterocycles. The Bertz CT molecular complexity index is 568. The summed E-state index contributed by atoms with van der Waals surface area (Å²) in [6.45, 7) is 4.41. The van der Waals surface area contributed by atoms with E-state index in [4.69, 9.17) is 5.26 Å². The van der Waals surface area contributed by atoms with Crippen LogP contribution in [0.3, 0.4) is 0 Å². The lowest BCUT2D eigenvalue weighted by molar-refractivity contribution is -0.689. The summed E-state index contributed by atoms with van der Waals surface area (Å²) in [4.78, 5) is 4.11. The van der Waals surface area contributed by atoms with Gasteiger partial charge in [-0.25, -0.2) is 4.98 Å². The van der Waals surface area contributed by atoms with Crippen LogP contribution in [0.15, 0.2) is 55.5 Å². The first kappa shape index (κ1) is 11.0. The van der Waals surface area contributed by atoms with Crippen LogP contribution in [-0.2, 0) is 6.54 Å². The zero-order valence-electron chi connectivity index (χ0n) is 9.37. The first-order chi connectivity index (χ1) is 8.29. The minimum Gasteiger partial charge on any atom is -0.243 e. The van der Waals surface area contributed by atoms with Crippen molar-refractivity contribution in [3.8, 4) is 6.07 Å². The molecule has 2 rings (SSSR count). The molecule has 2 aromatic rings. The predicted octanol–water partition coefficient (Wildman–Crippen LogP) is 1.95. The van der Waals surface area contributed by atoms with Crippen molar-refractivity contribution in [2.24, 2.45) is 0 Å². The maximum atomic E-state index is 8.77. The van der Waals surface area contributed by atoms with Gasteiger partial charge in [0.2, 0.25) is 0 Å². The zero-order chi connectivity index (χ0) is 12.1. The van der Waals surface area contributed by atoms with E-state index in [1.54, 1.807) is 6.20 Å². The molecule has 82 valence electrons. The Kier molecular flexibility index (Phi) is 3.27. The normalized spacial score (nSPS) is 9.59. The molecule has 3 nitrogen and oxygen atoms in total. The van der Waals surface area contributed by atoms with Crippen molar-refractivity contribution in [1.82, 2.24) is 4.98 Å². The van der Waals surface area contributed by atoms with E-state index in [-0.39, 0.29) is 0 Å². The second-order valence-corrected chi connectivity index (χ2v) is 3.69. The van der Waals surface area contributed by atoms with Gasteiger partial charge in [0.15, 0.2) is 18.9 Å². The van der Waals surface area contributed by atoms with Gasteiger partial charge in [-0.3, -0.25) is 0 Å². The molecule has 0 unspecified atom stereocenters. The molecule has 3 heteroatoms. The monoisotopic (exact) mass is 222 g/mol. The van der Waals surface area contributed by atoms with E-state index in [2.05, 4.69) is 23.7 Å². The number of nitriles is 1. The lowest BCUT2D eigenvalue weighted by Gasteiger charge is -1.98. The van der Waals surface area contributed by atoms with E-state index in [0.717, 1.165) is 6.54 Å². The molecule has 0 radical (unpaired) electrons. The standard InChI is InChI=1S/C14H12N3/c1-12(9-15)14-11-17(8-7-16-14)10-13-5-3-2-4-6-13/h2-8,11H,1,10H2/q+1. The van der Waals surface area contributed by atoms with Crippen LogP contribution in [-0.4, -0.2) is 4.98 Å². The van der Waals surface area contributed by atoms with Gasteiger partial charge in [0.05, 0.1) is 11.8 Å². The fraction of sp³-hybridized carbons (Fsp3) is 0.0714. The quantitative estimate of drug-likeness (QED) is 0.588. The highest BCUT2D eigenvalue weighted by Crippen LogP contribution is 2.04. The first-order valence-corrected chi connectivity index (χ1v) is 5.28. The van der Waals surface area contributed by atoms with Crippen molar-refractivity contribution in [1.29, 1.82) is 5.26 Å². The van der Waals surface area contributed by atoms with Gasteiger partial charge in [-0.05, 0) is 0 Å². The van der Waals surface area contributed by atoms with Crippen LogP contribution in [0, 0.1) is 11.3 Å². The van der Waals surface area contributed by atoms with E-state index in [1.807, 2.05) is 41.2 Å². The van der Waals surface area contributed by atoms with Crippen molar-refractivity contribution in [3.05, 3.63) is 66.8 Å². The van der Waals surface area contributed by atoms with Gasteiger partial charge >= 0.3 is 0 Å². The summed E-state index contributed by atoms with van der Waals surface area (Å²) in [5.74, 6) is 0. The molecule has 0 fully saturated rings.